The van der Waals surface area contributed by atoms with Crippen LogP contribution in [0.1, 0.15) is 51.1 Å². The van der Waals surface area contributed by atoms with E-state index in [4.69, 9.17) is 24.0 Å². The number of benzene rings is 3. The van der Waals surface area contributed by atoms with Gasteiger partial charge in [0, 0.05) is 42.1 Å². The molecule has 0 amide bonds. The summed E-state index contributed by atoms with van der Waals surface area (Å²) < 4.78 is 89.5. The maximum absolute atomic E-state index is 14.3. The van der Waals surface area contributed by atoms with Crippen LogP contribution in [0.25, 0.3) is 21.8 Å². The van der Waals surface area contributed by atoms with Crippen LogP contribution in [0, 0.1) is 13.8 Å². The van der Waals surface area contributed by atoms with Crippen LogP contribution in [0.2, 0.25) is 0 Å². The molecule has 0 bridgehead atoms. The van der Waals surface area contributed by atoms with Crippen molar-refractivity contribution in [2.45, 2.75) is 39.7 Å². The zero-order chi connectivity index (χ0) is 37.3. The van der Waals surface area contributed by atoms with Crippen LogP contribution < -0.4 is 18.8 Å². The number of aromatic carboxylic acids is 1. The Morgan fingerprint density at radius 3 is 1.92 bits per heavy atom. The second-order valence-corrected chi connectivity index (χ2v) is 15.2. The smallest absolute Gasteiger partial charge is 0.345 e. The third-order valence-corrected chi connectivity index (χ3v) is 9.68. The molecule has 1 aromatic heterocycles. The Balaban J connectivity index is 1.88. The molecule has 0 radical (unpaired) electrons. The van der Waals surface area contributed by atoms with Crippen LogP contribution in [0.3, 0.4) is 0 Å². The lowest BCUT2D eigenvalue weighted by molar-refractivity contribution is -0.645. The number of rotatable bonds is 19. The average molecular weight is 770 g/mol. The van der Waals surface area contributed by atoms with Crippen molar-refractivity contribution < 1.29 is 74.0 Å². The number of aryl methyl sites for hydroxylation is 3. The molecular weight excluding hydrogens is 735 g/mol. The van der Waals surface area contributed by atoms with E-state index >= 15 is 0 Å². The first-order valence-electron chi connectivity index (χ1n) is 15.3. The van der Waals surface area contributed by atoms with E-state index in [9.17, 15) is 36.1 Å². The number of fused-ring (bicyclic) bond motifs is 2. The second kappa shape index (κ2) is 17.4. The molecule has 276 valence electrons. The predicted molar refractivity (Wildman–Crippen MR) is 183 cm³/mol. The highest BCUT2D eigenvalue weighted by Gasteiger charge is 2.28. The molecule has 0 spiro atoms. The van der Waals surface area contributed by atoms with E-state index < -0.39 is 43.7 Å². The van der Waals surface area contributed by atoms with Gasteiger partial charge in [0.25, 0.3) is 10.1 Å². The van der Waals surface area contributed by atoms with E-state index in [-0.39, 0.29) is 60.6 Å². The van der Waals surface area contributed by atoms with Gasteiger partial charge < -0.3 is 23.9 Å². The highest BCUT2D eigenvalue weighted by atomic mass is 32.2. The summed E-state index contributed by atoms with van der Waals surface area (Å²) in [6, 6.07) is 12.4. The molecule has 4 rings (SSSR count). The molecule has 0 aliphatic rings. The van der Waals surface area contributed by atoms with Gasteiger partial charge in [-0.1, -0.05) is 5.04 Å². The van der Waals surface area contributed by atoms with Gasteiger partial charge in [-0.3, -0.25) is 4.55 Å². The van der Waals surface area contributed by atoms with Crippen molar-refractivity contribution in [2.24, 2.45) is 0 Å². The van der Waals surface area contributed by atoms with Gasteiger partial charge in [-0.15, -0.1) is 4.33 Å². The highest BCUT2D eigenvalue weighted by molar-refractivity contribution is 7.94. The summed E-state index contributed by atoms with van der Waals surface area (Å²) in [5, 5.41) is 22.0. The molecule has 3 N–H and O–H groups in total. The van der Waals surface area contributed by atoms with Gasteiger partial charge in [0.15, 0.2) is 6.54 Å². The fourth-order valence-electron chi connectivity index (χ4n) is 5.39. The van der Waals surface area contributed by atoms with Gasteiger partial charge in [0.05, 0.1) is 51.0 Å². The van der Waals surface area contributed by atoms with E-state index in [0.29, 0.717) is 45.5 Å². The predicted octanol–water partition coefficient (Wildman–Crippen LogP) is 4.25. The number of hydrogen-bond acceptors (Lipinski definition) is 14. The van der Waals surface area contributed by atoms with Crippen molar-refractivity contribution >= 4 is 66.0 Å². The number of carbonyl (C=O) groups is 2. The number of carbonyl (C=O) groups excluding carboxylic acids is 1. The summed E-state index contributed by atoms with van der Waals surface area (Å²) in [6.45, 7) is 3.36. The molecule has 51 heavy (non-hydrogen) atoms. The monoisotopic (exact) mass is 769 g/mol. The fourth-order valence-corrected chi connectivity index (χ4v) is 6.70. The van der Waals surface area contributed by atoms with E-state index in [2.05, 4.69) is 9.37 Å². The molecule has 0 atom stereocenters. The summed E-state index contributed by atoms with van der Waals surface area (Å²) in [7, 11) is -8.76. The topological polar surface area (TPSA) is 236 Å². The molecule has 19 heteroatoms. The maximum atomic E-state index is 14.3. The first kappa shape index (κ1) is 39.7. The van der Waals surface area contributed by atoms with E-state index in [1.54, 1.807) is 48.7 Å². The van der Waals surface area contributed by atoms with Crippen molar-refractivity contribution in [1.29, 1.82) is 0 Å². The summed E-state index contributed by atoms with van der Waals surface area (Å²) in [5.74, 6) is -2.02. The van der Waals surface area contributed by atoms with Gasteiger partial charge in [-0.25, -0.2) is 23.3 Å². The van der Waals surface area contributed by atoms with Crippen LogP contribution >= 0.6 is 12.0 Å². The lowest BCUT2D eigenvalue weighted by Gasteiger charge is -2.16. The number of esters is 1. The van der Waals surface area contributed by atoms with Gasteiger partial charge in [-0.05, 0) is 74.2 Å². The van der Waals surface area contributed by atoms with Crippen molar-refractivity contribution in [3.8, 4) is 17.2 Å². The summed E-state index contributed by atoms with van der Waals surface area (Å²) in [4.78, 5) is 25.9. The molecule has 0 aliphatic heterocycles. The van der Waals surface area contributed by atoms with Crippen molar-refractivity contribution in [3.05, 3.63) is 70.8 Å². The van der Waals surface area contributed by atoms with Gasteiger partial charge in [-0.2, -0.15) is 13.0 Å². The van der Waals surface area contributed by atoms with E-state index in [0.717, 1.165) is 12.0 Å². The lowest BCUT2D eigenvalue weighted by atomic mass is 10.0. The molecule has 1 heterocycles. The number of nitrogens with zero attached hydrogens (tertiary/aromatic N) is 1. The van der Waals surface area contributed by atoms with E-state index in [1.165, 1.54) is 18.2 Å². The minimum Gasteiger partial charge on any atom is -0.748 e. The average Bonchev–Trinajstić information content (AvgIpc) is 3.04. The number of carboxylic acids is 1. The number of pyridine rings is 1. The molecule has 0 saturated carbocycles. The zero-order valence-electron chi connectivity index (χ0n) is 27.4. The Morgan fingerprint density at radius 1 is 0.843 bits per heavy atom. The Morgan fingerprint density at radius 2 is 1.41 bits per heavy atom. The van der Waals surface area contributed by atoms with Crippen molar-refractivity contribution in [1.82, 2.24) is 0 Å². The summed E-state index contributed by atoms with van der Waals surface area (Å²) in [6.07, 6.45) is 0.393. The fraction of sp³-hybridized carbons (Fsp3) is 0.344. The van der Waals surface area contributed by atoms with Gasteiger partial charge >= 0.3 is 11.9 Å². The standard InChI is InChI=1S/C32H35NO15S3/c1-20-16-22(31(34)35)17-21(2)30(20)46-32(36)29-25-18-23(44-11-4-13-49-48-47-37)6-8-27(25)33(10-3-14-50(38,39)40)28-9-7-24(19-26(28)29)45-12-5-15-51(41,42)43/h6-9,16-19H,3-5,10-15H2,1-2H3,(H3-,34,35,37,38,39,40,41,42,43). The quantitative estimate of drug-likeness (QED) is 0.0139. The molecular formula is C32H35NO15S3. The van der Waals surface area contributed by atoms with Gasteiger partial charge in [0.2, 0.25) is 11.0 Å². The Kier molecular flexibility index (Phi) is 13.6. The van der Waals surface area contributed by atoms with E-state index in [1.807, 2.05) is 0 Å². The number of ether oxygens (including phenoxy) is 3. The van der Waals surface area contributed by atoms with Crippen LogP contribution in [-0.2, 0) is 36.2 Å². The molecule has 16 nitrogen and oxygen atoms in total. The molecule has 4 aromatic rings. The summed E-state index contributed by atoms with van der Waals surface area (Å²) >= 11 is 0.856. The third kappa shape index (κ3) is 11.2. The van der Waals surface area contributed by atoms with Crippen LogP contribution in [0.15, 0.2) is 48.5 Å². The molecule has 0 unspecified atom stereocenters. The SMILES string of the molecule is Cc1cc(C(=O)O)cc(C)c1OC(=O)c1c2cc(OCCCSOOO)ccc2[n+](CCCS(=O)(=O)[O-])c2ccc(OCCCS(=O)(=O)O)cc12. The first-order chi connectivity index (χ1) is 24.1. The maximum Gasteiger partial charge on any atom is 0.345 e. The minimum atomic E-state index is -4.54. The Hall–Kier alpha value is -4.08. The summed E-state index contributed by atoms with van der Waals surface area (Å²) in [5.41, 5.74) is 1.74. The van der Waals surface area contributed by atoms with Crippen LogP contribution in [-0.4, -0.2) is 78.7 Å². The normalized spacial score (nSPS) is 11.9. The minimum absolute atomic E-state index is 0.00738. The molecule has 0 fully saturated rings. The highest BCUT2D eigenvalue weighted by Crippen LogP contribution is 2.33. The largest absolute Gasteiger partial charge is 0.748 e. The first-order valence-corrected chi connectivity index (χ1v) is 19.4. The Labute approximate surface area is 297 Å². The number of hydrogen-bond donors (Lipinski definition) is 3. The molecule has 0 aliphatic carbocycles. The van der Waals surface area contributed by atoms with Crippen LogP contribution in [0.4, 0.5) is 0 Å². The lowest BCUT2D eigenvalue weighted by Crippen LogP contribution is -2.37. The second-order valence-electron chi connectivity index (χ2n) is 11.3. The third-order valence-electron chi connectivity index (χ3n) is 7.47. The molecule has 0 saturated heterocycles. The number of carboxylic acid groups (broad SMARTS) is 1. The molecule has 3 aromatic carbocycles. The zero-order valence-corrected chi connectivity index (χ0v) is 29.8. The van der Waals surface area contributed by atoms with Gasteiger partial charge in [0.1, 0.15) is 17.2 Å². The number of aromatic nitrogens is 1. The van der Waals surface area contributed by atoms with Crippen molar-refractivity contribution in [2.75, 3.05) is 30.5 Å². The Bertz CT molecular complexity index is 2110. The van der Waals surface area contributed by atoms with Crippen LogP contribution in [0.5, 0.6) is 17.2 Å². The van der Waals surface area contributed by atoms with Crippen molar-refractivity contribution in [3.63, 3.8) is 0 Å².